The minimum atomic E-state index is 0.0241. The monoisotopic (exact) mass is 569 g/mol. The Hall–Kier alpha value is -2.63. The van der Waals surface area contributed by atoms with E-state index < -0.39 is 0 Å². The number of thiazole rings is 2. The molecule has 0 radical (unpaired) electrons. The predicted octanol–water partition coefficient (Wildman–Crippen LogP) is 10.8. The van der Waals surface area contributed by atoms with Crippen LogP contribution in [0.5, 0.6) is 0 Å². The summed E-state index contributed by atoms with van der Waals surface area (Å²) in [5.74, 6) is 0. The Kier molecular flexibility index (Phi) is 6.83. The van der Waals surface area contributed by atoms with E-state index >= 15 is 0 Å². The van der Waals surface area contributed by atoms with Crippen molar-refractivity contribution in [3.05, 3.63) is 64.7 Å². The second-order valence-corrected chi connectivity index (χ2v) is 17.2. The van der Waals surface area contributed by atoms with E-state index in [-0.39, 0.29) is 21.7 Å². The van der Waals surface area contributed by atoms with Crippen molar-refractivity contribution < 1.29 is 0 Å². The first-order valence-corrected chi connectivity index (χ1v) is 15.8. The minimum absolute atomic E-state index is 0.0241. The Balaban J connectivity index is 1.65. The second-order valence-electron chi connectivity index (χ2n) is 15.2. The van der Waals surface area contributed by atoms with E-state index in [0.717, 1.165) is 32.4 Å². The molecule has 0 spiro atoms. The van der Waals surface area contributed by atoms with Crippen LogP contribution in [-0.4, -0.2) is 15.0 Å². The van der Waals surface area contributed by atoms with Gasteiger partial charge in [0.2, 0.25) is 0 Å². The fourth-order valence-electron chi connectivity index (χ4n) is 4.94. The maximum Gasteiger partial charge on any atom is 0.143 e. The maximum absolute atomic E-state index is 5.13. The van der Waals surface area contributed by atoms with Gasteiger partial charge in [0.15, 0.2) is 0 Å². The van der Waals surface area contributed by atoms with Crippen molar-refractivity contribution in [1.82, 2.24) is 15.0 Å². The zero-order valence-corrected chi connectivity index (χ0v) is 27.8. The Morgan fingerprint density at radius 1 is 0.475 bits per heavy atom. The van der Waals surface area contributed by atoms with Crippen LogP contribution in [0.3, 0.4) is 0 Å². The summed E-state index contributed by atoms with van der Waals surface area (Å²) < 4.78 is 2.51. The molecule has 2 aromatic carbocycles. The van der Waals surface area contributed by atoms with E-state index in [1.165, 1.54) is 31.7 Å². The third-order valence-corrected chi connectivity index (χ3v) is 9.77. The summed E-state index contributed by atoms with van der Waals surface area (Å²) in [5, 5.41) is 1.92. The molecule has 5 rings (SSSR count). The topological polar surface area (TPSA) is 38.7 Å². The molecule has 0 fully saturated rings. The number of nitrogens with zero attached hydrogens (tertiary/aromatic N) is 3. The summed E-state index contributed by atoms with van der Waals surface area (Å²) in [6, 6.07) is 15.5. The van der Waals surface area contributed by atoms with E-state index in [1.807, 2.05) is 0 Å². The third-order valence-electron chi connectivity index (χ3n) is 7.52. The van der Waals surface area contributed by atoms with Crippen molar-refractivity contribution in [2.24, 2.45) is 0 Å². The molecule has 0 aliphatic rings. The summed E-state index contributed by atoms with van der Waals surface area (Å²) in [6.45, 7) is 27.4. The molecule has 0 unspecified atom stereocenters. The Labute approximate surface area is 248 Å². The molecule has 3 nitrogen and oxygen atoms in total. The number of pyridine rings is 1. The van der Waals surface area contributed by atoms with Gasteiger partial charge in [0.25, 0.3) is 0 Å². The average molecular weight is 570 g/mol. The lowest BCUT2D eigenvalue weighted by Gasteiger charge is -2.25. The number of rotatable bonds is 2. The first kappa shape index (κ1) is 28.9. The predicted molar refractivity (Wildman–Crippen MR) is 176 cm³/mol. The number of benzene rings is 2. The van der Waals surface area contributed by atoms with E-state index in [4.69, 9.17) is 15.0 Å². The normalized spacial score (nSPS) is 13.5. The van der Waals surface area contributed by atoms with E-state index in [2.05, 4.69) is 126 Å². The van der Waals surface area contributed by atoms with E-state index in [1.54, 1.807) is 22.7 Å². The number of hydrogen-bond donors (Lipinski definition) is 0. The highest BCUT2D eigenvalue weighted by atomic mass is 32.1. The molecule has 0 bridgehead atoms. The smallest absolute Gasteiger partial charge is 0.143 e. The van der Waals surface area contributed by atoms with Gasteiger partial charge >= 0.3 is 0 Å². The van der Waals surface area contributed by atoms with Crippen molar-refractivity contribution in [3.8, 4) is 21.4 Å². The SMILES string of the molecule is CC(C)(C)c1cc(C(C)(C)C)c2sc(-c3cccc(-c4nc5cc(C(C)(C)C)cc(C(C)(C)C)c5s4)n3)nc2c1. The zero-order valence-electron chi connectivity index (χ0n) is 26.2. The molecule has 0 atom stereocenters. The molecule has 5 heteroatoms. The highest BCUT2D eigenvalue weighted by molar-refractivity contribution is 7.22. The molecule has 0 aliphatic carbocycles. The van der Waals surface area contributed by atoms with Crippen LogP contribution in [0.25, 0.3) is 41.8 Å². The van der Waals surface area contributed by atoms with Crippen LogP contribution in [0.4, 0.5) is 0 Å². The summed E-state index contributed by atoms with van der Waals surface area (Å²) in [4.78, 5) is 15.4. The van der Waals surface area contributed by atoms with Crippen LogP contribution in [0.1, 0.15) is 105 Å². The highest BCUT2D eigenvalue weighted by Crippen LogP contribution is 2.42. The Morgan fingerprint density at radius 2 is 0.850 bits per heavy atom. The van der Waals surface area contributed by atoms with Crippen LogP contribution in [0, 0.1) is 0 Å². The van der Waals surface area contributed by atoms with Gasteiger partial charge < -0.3 is 0 Å². The Morgan fingerprint density at radius 3 is 1.18 bits per heavy atom. The third kappa shape index (κ3) is 5.47. The van der Waals surface area contributed by atoms with Crippen molar-refractivity contribution in [2.45, 2.75) is 105 Å². The highest BCUT2D eigenvalue weighted by Gasteiger charge is 2.26. The van der Waals surface area contributed by atoms with Crippen LogP contribution in [0.2, 0.25) is 0 Å². The lowest BCUT2D eigenvalue weighted by Crippen LogP contribution is -2.16. The largest absolute Gasteiger partial charge is 0.243 e. The summed E-state index contributed by atoms with van der Waals surface area (Å²) >= 11 is 3.50. The molecule has 5 aromatic rings. The van der Waals surface area contributed by atoms with Crippen molar-refractivity contribution in [1.29, 1.82) is 0 Å². The lowest BCUT2D eigenvalue weighted by atomic mass is 9.80. The van der Waals surface area contributed by atoms with Crippen LogP contribution in [-0.2, 0) is 21.7 Å². The molecule has 210 valence electrons. The molecule has 40 heavy (non-hydrogen) atoms. The molecular weight excluding hydrogens is 527 g/mol. The first-order chi connectivity index (χ1) is 18.3. The standard InChI is InChI=1S/C35H43N3S2/c1-32(2,3)20-16-22(34(7,8)9)28-26(18-20)37-30(39-28)24-14-13-15-25(36-24)31-38-27-19-21(33(4,5)6)17-23(29(27)40-31)35(10,11)12/h13-19H,1-12H3. The minimum Gasteiger partial charge on any atom is -0.243 e. The van der Waals surface area contributed by atoms with Crippen molar-refractivity contribution >= 4 is 43.1 Å². The van der Waals surface area contributed by atoms with Gasteiger partial charge in [0.1, 0.15) is 10.0 Å². The molecule has 0 saturated carbocycles. The molecule has 0 saturated heterocycles. The number of aromatic nitrogens is 3. The van der Waals surface area contributed by atoms with Gasteiger partial charge in [-0.15, -0.1) is 22.7 Å². The number of hydrogen-bond acceptors (Lipinski definition) is 5. The molecule has 0 amide bonds. The van der Waals surface area contributed by atoms with Crippen molar-refractivity contribution in [3.63, 3.8) is 0 Å². The lowest BCUT2D eigenvalue weighted by molar-refractivity contribution is 0.572. The van der Waals surface area contributed by atoms with E-state index in [0.29, 0.717) is 0 Å². The molecule has 0 aliphatic heterocycles. The van der Waals surface area contributed by atoms with Gasteiger partial charge in [-0.2, -0.15) is 0 Å². The fourth-order valence-corrected chi connectivity index (χ4v) is 7.42. The van der Waals surface area contributed by atoms with Crippen LogP contribution in [0.15, 0.2) is 42.5 Å². The fraction of sp³-hybridized carbons (Fsp3) is 0.457. The molecule has 3 aromatic heterocycles. The van der Waals surface area contributed by atoms with Crippen molar-refractivity contribution in [2.75, 3.05) is 0 Å². The first-order valence-electron chi connectivity index (χ1n) is 14.2. The van der Waals surface area contributed by atoms with Gasteiger partial charge in [-0.1, -0.05) is 101 Å². The van der Waals surface area contributed by atoms with Crippen LogP contribution >= 0.6 is 22.7 Å². The summed E-state index contributed by atoms with van der Waals surface area (Å²) in [5.41, 5.74) is 9.45. The van der Waals surface area contributed by atoms with Gasteiger partial charge in [0, 0.05) is 0 Å². The van der Waals surface area contributed by atoms with Gasteiger partial charge in [-0.05, 0) is 68.2 Å². The molecule has 0 N–H and O–H groups in total. The second kappa shape index (κ2) is 9.46. The number of fused-ring (bicyclic) bond motifs is 2. The summed E-state index contributed by atoms with van der Waals surface area (Å²) in [6.07, 6.45) is 0. The summed E-state index contributed by atoms with van der Waals surface area (Å²) in [7, 11) is 0. The quantitative estimate of drug-likeness (QED) is 0.212. The van der Waals surface area contributed by atoms with E-state index in [9.17, 15) is 0 Å². The maximum atomic E-state index is 5.13. The Bertz CT molecular complexity index is 1600. The zero-order chi connectivity index (χ0) is 29.4. The van der Waals surface area contributed by atoms with Crippen LogP contribution < -0.4 is 0 Å². The average Bonchev–Trinajstić information content (AvgIpc) is 3.44. The molecule has 3 heterocycles. The molecular formula is C35H43N3S2. The van der Waals surface area contributed by atoms with Gasteiger partial charge in [0.05, 0.1) is 31.8 Å². The van der Waals surface area contributed by atoms with Gasteiger partial charge in [-0.3, -0.25) is 0 Å². The van der Waals surface area contributed by atoms with Gasteiger partial charge in [-0.25, -0.2) is 15.0 Å².